The van der Waals surface area contributed by atoms with Gasteiger partial charge in [0.25, 0.3) is 0 Å². The molecule has 0 amide bonds. The zero-order chi connectivity index (χ0) is 14.9. The van der Waals surface area contributed by atoms with Gasteiger partial charge in [-0.25, -0.2) is 0 Å². The molecule has 0 aromatic carbocycles. The van der Waals surface area contributed by atoms with E-state index in [0.29, 0.717) is 26.4 Å². The van der Waals surface area contributed by atoms with Crippen LogP contribution < -0.4 is 0 Å². The molecule has 0 aromatic heterocycles. The van der Waals surface area contributed by atoms with Crippen molar-refractivity contribution in [2.24, 2.45) is 0 Å². The van der Waals surface area contributed by atoms with Gasteiger partial charge >= 0.3 is 8.80 Å². The summed E-state index contributed by atoms with van der Waals surface area (Å²) in [4.78, 5) is 0. The van der Waals surface area contributed by atoms with Crippen LogP contribution in [0.15, 0.2) is 24.3 Å². The van der Waals surface area contributed by atoms with Crippen LogP contribution in [0.25, 0.3) is 0 Å². The Morgan fingerprint density at radius 2 is 1.55 bits per heavy atom. The molecule has 1 aliphatic carbocycles. The van der Waals surface area contributed by atoms with Gasteiger partial charge in [0.2, 0.25) is 0 Å². The van der Waals surface area contributed by atoms with Crippen molar-refractivity contribution in [2.45, 2.75) is 45.8 Å². The molecule has 0 radical (unpaired) electrons. The van der Waals surface area contributed by atoms with E-state index in [1.54, 1.807) is 0 Å². The average Bonchev–Trinajstić information content (AvgIpc) is 2.47. The lowest BCUT2D eigenvalue weighted by Crippen LogP contribution is -2.66. The molecule has 0 aromatic rings. The van der Waals surface area contributed by atoms with Crippen molar-refractivity contribution in [1.82, 2.24) is 0 Å². The second kappa shape index (κ2) is 8.74. The van der Waals surface area contributed by atoms with Crippen molar-refractivity contribution in [3.05, 3.63) is 24.3 Å². The third kappa shape index (κ3) is 3.80. The van der Waals surface area contributed by atoms with Crippen LogP contribution in [-0.2, 0) is 18.0 Å². The van der Waals surface area contributed by atoms with Crippen LogP contribution in [0.1, 0.15) is 40.5 Å². The topological polar surface area (TPSA) is 36.9 Å². The van der Waals surface area contributed by atoms with Crippen LogP contribution in [0, 0.1) is 0 Å². The summed E-state index contributed by atoms with van der Waals surface area (Å²) in [5.41, 5.74) is 0. The molecule has 0 heterocycles. The molecule has 0 N–H and O–H groups in total. The average molecular weight is 300 g/mol. The van der Waals surface area contributed by atoms with Crippen molar-refractivity contribution >= 4 is 8.80 Å². The van der Waals surface area contributed by atoms with Gasteiger partial charge in [0.1, 0.15) is 0 Å². The van der Waals surface area contributed by atoms with E-state index in [1.807, 2.05) is 32.9 Å². The lowest BCUT2D eigenvalue weighted by atomic mass is 10.1. The van der Waals surface area contributed by atoms with E-state index in [0.717, 1.165) is 12.8 Å². The van der Waals surface area contributed by atoms with E-state index >= 15 is 0 Å². The summed E-state index contributed by atoms with van der Waals surface area (Å²) in [6.45, 7) is 10.3. The summed E-state index contributed by atoms with van der Waals surface area (Å²) in [5, 5.41) is -0.597. The maximum atomic E-state index is 6.19. The molecular formula is C15H28O4Si. The monoisotopic (exact) mass is 300 g/mol. The minimum atomic E-state index is -2.94. The fourth-order valence-corrected chi connectivity index (χ4v) is 5.44. The smallest absolute Gasteiger partial charge is 0.372 e. The standard InChI is InChI=1S/C15H28O4Si/c1-5-14-16-15(12-10-9-11-13-15)20(17-6-2,18-7-3)19-8-4/h9-12H,5-8,13-14H2,1-4H3. The molecule has 0 saturated heterocycles. The molecule has 116 valence electrons. The lowest BCUT2D eigenvalue weighted by molar-refractivity contribution is -0.0462. The van der Waals surface area contributed by atoms with Gasteiger partial charge in [0.15, 0.2) is 5.22 Å². The van der Waals surface area contributed by atoms with Crippen LogP contribution in [0.3, 0.4) is 0 Å². The first-order chi connectivity index (χ1) is 9.70. The first-order valence-corrected chi connectivity index (χ1v) is 9.32. The molecule has 0 aliphatic heterocycles. The Morgan fingerprint density at radius 3 is 1.95 bits per heavy atom. The van der Waals surface area contributed by atoms with Gasteiger partial charge in [-0.05, 0) is 33.3 Å². The van der Waals surface area contributed by atoms with Gasteiger partial charge in [0, 0.05) is 32.8 Å². The summed E-state index contributed by atoms with van der Waals surface area (Å²) in [6, 6.07) is 0. The van der Waals surface area contributed by atoms with E-state index in [1.165, 1.54) is 0 Å². The minimum absolute atomic E-state index is 0.557. The zero-order valence-corrected chi connectivity index (χ0v) is 14.2. The Hall–Kier alpha value is -0.463. The fourth-order valence-electron chi connectivity index (χ4n) is 2.37. The zero-order valence-electron chi connectivity index (χ0n) is 13.2. The first-order valence-electron chi connectivity index (χ1n) is 7.60. The molecule has 4 nitrogen and oxygen atoms in total. The van der Waals surface area contributed by atoms with Crippen molar-refractivity contribution in [3.63, 3.8) is 0 Å². The highest BCUT2D eigenvalue weighted by molar-refractivity contribution is 6.64. The summed E-state index contributed by atoms with van der Waals surface area (Å²) in [7, 11) is -2.94. The van der Waals surface area contributed by atoms with Gasteiger partial charge in [0.05, 0.1) is 0 Å². The molecule has 0 bridgehead atoms. The van der Waals surface area contributed by atoms with Crippen molar-refractivity contribution in [1.29, 1.82) is 0 Å². The summed E-state index contributed by atoms with van der Waals surface area (Å²) in [6.07, 6.45) is 9.85. The van der Waals surface area contributed by atoms with Crippen LogP contribution in [0.5, 0.6) is 0 Å². The molecule has 0 saturated carbocycles. The van der Waals surface area contributed by atoms with Crippen LogP contribution >= 0.6 is 0 Å². The van der Waals surface area contributed by atoms with Gasteiger partial charge < -0.3 is 18.0 Å². The Bertz CT molecular complexity index is 313. The fraction of sp³-hybridized carbons (Fsp3) is 0.733. The van der Waals surface area contributed by atoms with Crippen LogP contribution in [0.4, 0.5) is 0 Å². The SMILES string of the molecule is CCCOC1([Si](OCC)(OCC)OCC)C=CC=CC1. The molecule has 20 heavy (non-hydrogen) atoms. The van der Waals surface area contributed by atoms with Crippen molar-refractivity contribution < 1.29 is 18.0 Å². The molecule has 0 spiro atoms. The third-order valence-corrected chi connectivity index (χ3v) is 6.68. The molecule has 5 heteroatoms. The normalized spacial score (nSPS) is 22.4. The second-order valence-corrected chi connectivity index (χ2v) is 7.41. The van der Waals surface area contributed by atoms with Crippen LogP contribution in [-0.4, -0.2) is 40.5 Å². The highest BCUT2D eigenvalue weighted by atomic mass is 28.4. The predicted octanol–water partition coefficient (Wildman–Crippen LogP) is 3.26. The lowest BCUT2D eigenvalue weighted by Gasteiger charge is -2.43. The summed E-state index contributed by atoms with van der Waals surface area (Å²) >= 11 is 0. The highest BCUT2D eigenvalue weighted by Gasteiger charge is 2.61. The molecule has 1 atom stereocenters. The molecule has 1 unspecified atom stereocenters. The first kappa shape index (κ1) is 17.6. The Morgan fingerprint density at radius 1 is 0.950 bits per heavy atom. The highest BCUT2D eigenvalue weighted by Crippen LogP contribution is 2.35. The Kier molecular flexibility index (Phi) is 7.69. The number of hydrogen-bond acceptors (Lipinski definition) is 4. The summed E-state index contributed by atoms with van der Waals surface area (Å²) < 4.78 is 24.3. The molecule has 0 fully saturated rings. The van der Waals surface area contributed by atoms with E-state index < -0.39 is 14.0 Å². The Balaban J connectivity index is 3.13. The van der Waals surface area contributed by atoms with Gasteiger partial charge in [-0.3, -0.25) is 0 Å². The van der Waals surface area contributed by atoms with E-state index in [-0.39, 0.29) is 0 Å². The molecular weight excluding hydrogens is 272 g/mol. The van der Waals surface area contributed by atoms with E-state index in [2.05, 4.69) is 19.1 Å². The largest absolute Gasteiger partial charge is 0.539 e. The predicted molar refractivity (Wildman–Crippen MR) is 82.5 cm³/mol. The van der Waals surface area contributed by atoms with Crippen molar-refractivity contribution in [3.8, 4) is 0 Å². The third-order valence-electron chi connectivity index (χ3n) is 3.12. The van der Waals surface area contributed by atoms with Gasteiger partial charge in [-0.1, -0.05) is 25.2 Å². The quantitative estimate of drug-likeness (QED) is 0.580. The summed E-state index contributed by atoms with van der Waals surface area (Å²) in [5.74, 6) is 0. The van der Waals surface area contributed by atoms with Gasteiger partial charge in [-0.15, -0.1) is 0 Å². The number of hydrogen-bond donors (Lipinski definition) is 0. The van der Waals surface area contributed by atoms with Gasteiger partial charge in [-0.2, -0.15) is 0 Å². The molecule has 1 aliphatic rings. The van der Waals surface area contributed by atoms with Crippen molar-refractivity contribution in [2.75, 3.05) is 26.4 Å². The Labute approximate surface area is 124 Å². The minimum Gasteiger partial charge on any atom is -0.372 e. The number of allylic oxidation sites excluding steroid dienone is 2. The number of ether oxygens (including phenoxy) is 1. The maximum absolute atomic E-state index is 6.19. The molecule has 1 rings (SSSR count). The second-order valence-electron chi connectivity index (χ2n) is 4.58. The van der Waals surface area contributed by atoms with E-state index in [9.17, 15) is 0 Å². The maximum Gasteiger partial charge on any atom is 0.539 e. The van der Waals surface area contributed by atoms with E-state index in [4.69, 9.17) is 18.0 Å². The van der Waals surface area contributed by atoms with Crippen LogP contribution in [0.2, 0.25) is 0 Å². The number of rotatable bonds is 10.